The summed E-state index contributed by atoms with van der Waals surface area (Å²) in [5.41, 5.74) is 1.71. The summed E-state index contributed by atoms with van der Waals surface area (Å²) in [6.07, 6.45) is 1.69. The molecule has 30 heavy (non-hydrogen) atoms. The van der Waals surface area contributed by atoms with Crippen LogP contribution < -0.4 is 4.90 Å². The van der Waals surface area contributed by atoms with Crippen molar-refractivity contribution in [1.82, 2.24) is 4.90 Å². The van der Waals surface area contributed by atoms with Crippen molar-refractivity contribution in [1.29, 1.82) is 0 Å². The van der Waals surface area contributed by atoms with Crippen molar-refractivity contribution in [3.8, 4) is 0 Å². The molecule has 1 heterocycles. The Labute approximate surface area is 183 Å². The van der Waals surface area contributed by atoms with Crippen LogP contribution in [0, 0.1) is 10.1 Å². The molecule has 1 aliphatic heterocycles. The summed E-state index contributed by atoms with van der Waals surface area (Å²) >= 11 is 6.26. The molecule has 1 fully saturated rings. The maximum absolute atomic E-state index is 12.8. The summed E-state index contributed by atoms with van der Waals surface area (Å²) in [5.74, 6) is -1.21. The first-order valence-corrected chi connectivity index (χ1v) is 10.5. The fraction of sp³-hybridized carbons (Fsp3) is 0.190. The van der Waals surface area contributed by atoms with Gasteiger partial charge in [0.05, 0.1) is 9.83 Å². The lowest BCUT2D eigenvalue weighted by Gasteiger charge is -2.20. The molecule has 2 aromatic carbocycles. The first-order chi connectivity index (χ1) is 14.3. The van der Waals surface area contributed by atoms with Crippen LogP contribution in [0.1, 0.15) is 29.8 Å². The van der Waals surface area contributed by atoms with Crippen molar-refractivity contribution in [2.45, 2.75) is 13.8 Å². The summed E-state index contributed by atoms with van der Waals surface area (Å²) in [6, 6.07) is 13.0. The molecule has 0 saturated carbocycles. The average molecular weight is 442 g/mol. The zero-order chi connectivity index (χ0) is 21.8. The molecule has 0 atom stereocenters. The first kappa shape index (κ1) is 21.7. The van der Waals surface area contributed by atoms with Crippen LogP contribution in [-0.4, -0.2) is 39.0 Å². The minimum atomic E-state index is -0.679. The van der Waals surface area contributed by atoms with E-state index in [4.69, 9.17) is 12.2 Å². The number of carbonyl (C=O) groups excluding carboxylic acids is 2. The highest BCUT2D eigenvalue weighted by Crippen LogP contribution is 2.34. The highest BCUT2D eigenvalue weighted by Gasteiger charge is 2.37. The van der Waals surface area contributed by atoms with E-state index >= 15 is 0 Å². The smallest absolute Gasteiger partial charge is 0.273 e. The van der Waals surface area contributed by atoms with E-state index in [1.165, 1.54) is 18.2 Å². The molecule has 7 nitrogen and oxygen atoms in total. The number of thiocarbonyl (C=S) groups is 1. The number of thioether (sulfide) groups is 1. The molecule has 0 aromatic heterocycles. The Hall–Kier alpha value is -3.04. The Morgan fingerprint density at radius 2 is 1.87 bits per heavy atom. The second-order valence-electron chi connectivity index (χ2n) is 6.39. The first-order valence-electron chi connectivity index (χ1n) is 9.27. The molecule has 0 N–H and O–H groups in total. The number of rotatable bonds is 6. The van der Waals surface area contributed by atoms with E-state index in [0.29, 0.717) is 4.91 Å². The number of imide groups is 1. The van der Waals surface area contributed by atoms with Crippen LogP contribution in [0.15, 0.2) is 53.4 Å². The van der Waals surface area contributed by atoms with Crippen molar-refractivity contribution in [3.63, 3.8) is 0 Å². The third kappa shape index (κ3) is 4.42. The number of benzene rings is 2. The van der Waals surface area contributed by atoms with E-state index in [1.807, 2.05) is 24.3 Å². The van der Waals surface area contributed by atoms with E-state index in [2.05, 4.69) is 18.7 Å². The van der Waals surface area contributed by atoms with E-state index in [0.717, 1.165) is 47.1 Å². The van der Waals surface area contributed by atoms with Gasteiger partial charge in [0.15, 0.2) is 4.32 Å². The summed E-state index contributed by atoms with van der Waals surface area (Å²) in [5, 5.41) is 11.0. The zero-order valence-corrected chi connectivity index (χ0v) is 18.0. The molecule has 0 bridgehead atoms. The van der Waals surface area contributed by atoms with Crippen LogP contribution in [-0.2, 0) is 4.79 Å². The topological polar surface area (TPSA) is 83.8 Å². The number of nitro benzene ring substituents is 1. The lowest BCUT2D eigenvalue weighted by atomic mass is 10.1. The van der Waals surface area contributed by atoms with Gasteiger partial charge in [0.25, 0.3) is 17.5 Å². The monoisotopic (exact) mass is 441 g/mol. The Balaban J connectivity index is 1.83. The van der Waals surface area contributed by atoms with E-state index < -0.39 is 16.7 Å². The minimum Gasteiger partial charge on any atom is -0.372 e. The van der Waals surface area contributed by atoms with E-state index in [9.17, 15) is 19.7 Å². The average Bonchev–Trinajstić information content (AvgIpc) is 3.02. The summed E-state index contributed by atoms with van der Waals surface area (Å²) < 4.78 is 0.0996. The van der Waals surface area contributed by atoms with Gasteiger partial charge in [-0.15, -0.1) is 0 Å². The second kappa shape index (κ2) is 9.19. The maximum Gasteiger partial charge on any atom is 0.273 e. The van der Waals surface area contributed by atoms with Gasteiger partial charge < -0.3 is 4.90 Å². The molecule has 2 aromatic rings. The SMILES string of the molecule is CCN(CC)c1ccc(C=C2SC(=S)N(C(=O)c3cccc([N+](=O)[O-])c3)C2=O)cc1. The van der Waals surface area contributed by atoms with Gasteiger partial charge in [-0.05, 0) is 43.7 Å². The van der Waals surface area contributed by atoms with Crippen LogP contribution in [0.5, 0.6) is 0 Å². The number of carbonyl (C=O) groups is 2. The minimum absolute atomic E-state index is 0.0327. The van der Waals surface area contributed by atoms with Crippen LogP contribution in [0.2, 0.25) is 0 Å². The quantitative estimate of drug-likeness (QED) is 0.215. The van der Waals surface area contributed by atoms with E-state index in [-0.39, 0.29) is 15.6 Å². The number of nitrogens with zero attached hydrogens (tertiary/aromatic N) is 3. The van der Waals surface area contributed by atoms with Crippen molar-refractivity contribution in [2.24, 2.45) is 0 Å². The standard InChI is InChI=1S/C21H19N3O4S2/c1-3-22(4-2)16-10-8-14(9-11-16)12-18-20(26)23(21(29)30-18)19(25)15-6-5-7-17(13-15)24(27)28/h5-13H,3-4H2,1-2H3. The van der Waals surface area contributed by atoms with Crippen molar-refractivity contribution in [3.05, 3.63) is 74.7 Å². The van der Waals surface area contributed by atoms with Gasteiger partial charge >= 0.3 is 0 Å². The van der Waals surface area contributed by atoms with Gasteiger partial charge in [0.1, 0.15) is 0 Å². The predicted octanol–water partition coefficient (Wildman–Crippen LogP) is 4.48. The van der Waals surface area contributed by atoms with Crippen LogP contribution in [0.4, 0.5) is 11.4 Å². The Morgan fingerprint density at radius 3 is 2.47 bits per heavy atom. The molecule has 3 rings (SSSR count). The number of amides is 2. The maximum atomic E-state index is 12.8. The molecule has 0 aliphatic carbocycles. The Kier molecular flexibility index (Phi) is 6.63. The second-order valence-corrected chi connectivity index (χ2v) is 8.07. The third-order valence-corrected chi connectivity index (χ3v) is 5.92. The fourth-order valence-electron chi connectivity index (χ4n) is 3.05. The number of hydrogen-bond donors (Lipinski definition) is 0. The molecule has 1 aliphatic rings. The lowest BCUT2D eigenvalue weighted by molar-refractivity contribution is -0.384. The molecule has 0 spiro atoms. The van der Waals surface area contributed by atoms with Crippen LogP contribution in [0.3, 0.4) is 0 Å². The molecular weight excluding hydrogens is 422 g/mol. The van der Waals surface area contributed by atoms with Crippen molar-refractivity contribution >= 4 is 57.6 Å². The van der Waals surface area contributed by atoms with Crippen LogP contribution in [0.25, 0.3) is 6.08 Å². The van der Waals surface area contributed by atoms with Gasteiger partial charge in [-0.1, -0.05) is 42.2 Å². The van der Waals surface area contributed by atoms with E-state index in [1.54, 1.807) is 6.08 Å². The number of nitro groups is 1. The largest absolute Gasteiger partial charge is 0.372 e. The van der Waals surface area contributed by atoms with Crippen LogP contribution >= 0.6 is 24.0 Å². The molecule has 0 radical (unpaired) electrons. The van der Waals surface area contributed by atoms with Gasteiger partial charge in [0, 0.05) is 36.5 Å². The molecule has 154 valence electrons. The molecular formula is C21H19N3O4S2. The van der Waals surface area contributed by atoms with Gasteiger partial charge in [-0.2, -0.15) is 0 Å². The fourth-order valence-corrected chi connectivity index (χ4v) is 4.30. The zero-order valence-electron chi connectivity index (χ0n) is 16.4. The summed E-state index contributed by atoms with van der Waals surface area (Å²) in [7, 11) is 0. The lowest BCUT2D eigenvalue weighted by Crippen LogP contribution is -2.34. The van der Waals surface area contributed by atoms with Gasteiger partial charge in [-0.3, -0.25) is 19.7 Å². The van der Waals surface area contributed by atoms with Crippen molar-refractivity contribution < 1.29 is 14.5 Å². The normalized spacial score (nSPS) is 15.0. The van der Waals surface area contributed by atoms with Crippen molar-refractivity contribution in [2.75, 3.05) is 18.0 Å². The number of anilines is 1. The molecule has 2 amide bonds. The molecule has 0 unspecified atom stereocenters. The Bertz CT molecular complexity index is 1050. The number of hydrogen-bond acceptors (Lipinski definition) is 7. The highest BCUT2D eigenvalue weighted by atomic mass is 32.2. The molecule has 1 saturated heterocycles. The highest BCUT2D eigenvalue weighted by molar-refractivity contribution is 8.26. The molecule has 9 heteroatoms. The Morgan fingerprint density at radius 1 is 1.20 bits per heavy atom. The van der Waals surface area contributed by atoms with Gasteiger partial charge in [0.2, 0.25) is 0 Å². The third-order valence-electron chi connectivity index (χ3n) is 4.62. The number of non-ortho nitro benzene ring substituents is 1. The van der Waals surface area contributed by atoms with Gasteiger partial charge in [-0.25, -0.2) is 4.90 Å². The summed E-state index contributed by atoms with van der Waals surface area (Å²) in [4.78, 5) is 39.4. The predicted molar refractivity (Wildman–Crippen MR) is 122 cm³/mol. The summed E-state index contributed by atoms with van der Waals surface area (Å²) in [6.45, 7) is 5.96.